The van der Waals surface area contributed by atoms with E-state index in [4.69, 9.17) is 9.47 Å². The minimum Gasteiger partial charge on any atom is -0.444 e. The Morgan fingerprint density at radius 2 is 1.62 bits per heavy atom. The van der Waals surface area contributed by atoms with Crippen molar-refractivity contribution in [3.05, 3.63) is 0 Å². The summed E-state index contributed by atoms with van der Waals surface area (Å²) in [5.41, 5.74) is -0.582. The molecule has 0 aliphatic heterocycles. The fraction of sp³-hybridized carbons (Fsp3) is 0.833. The van der Waals surface area contributed by atoms with E-state index in [9.17, 15) is 22.8 Å². The maximum atomic E-state index is 11.8. The topological polar surface area (TPSA) is 76.7 Å². The minimum absolute atomic E-state index is 0.127. The van der Waals surface area contributed by atoms with Gasteiger partial charge in [0.15, 0.2) is 0 Å². The predicted molar refractivity (Wildman–Crippen MR) is 68.7 cm³/mol. The van der Waals surface area contributed by atoms with Gasteiger partial charge in [-0.25, -0.2) is 4.79 Å². The first-order valence-corrected chi connectivity index (χ1v) is 6.42. The summed E-state index contributed by atoms with van der Waals surface area (Å²) in [7, 11) is 0. The van der Waals surface area contributed by atoms with E-state index < -0.39 is 23.8 Å². The van der Waals surface area contributed by atoms with E-state index >= 15 is 0 Å². The molecular formula is C12H21F3N2O4. The molecule has 9 heteroatoms. The second-order valence-electron chi connectivity index (χ2n) is 5.15. The van der Waals surface area contributed by atoms with E-state index in [0.29, 0.717) is 0 Å². The van der Waals surface area contributed by atoms with Crippen LogP contribution in [-0.4, -0.2) is 50.1 Å². The van der Waals surface area contributed by atoms with Crippen LogP contribution >= 0.6 is 0 Å². The van der Waals surface area contributed by atoms with Crippen molar-refractivity contribution in [3.63, 3.8) is 0 Å². The zero-order chi connectivity index (χ0) is 16.5. The van der Waals surface area contributed by atoms with Crippen molar-refractivity contribution < 1.29 is 32.2 Å². The molecule has 0 heterocycles. The van der Waals surface area contributed by atoms with Gasteiger partial charge in [0.05, 0.1) is 6.61 Å². The van der Waals surface area contributed by atoms with Crippen LogP contribution in [0.4, 0.5) is 18.0 Å². The number of carbonyl (C=O) groups excluding carboxylic acids is 2. The van der Waals surface area contributed by atoms with Gasteiger partial charge in [-0.2, -0.15) is 13.2 Å². The Hall–Kier alpha value is -1.51. The predicted octanol–water partition coefficient (Wildman–Crippen LogP) is 1.60. The summed E-state index contributed by atoms with van der Waals surface area (Å²) in [6.45, 7) is 5.68. The molecule has 0 atom stereocenters. The number of carbonyl (C=O) groups is 2. The van der Waals surface area contributed by atoms with Gasteiger partial charge in [-0.15, -0.1) is 0 Å². The molecule has 0 aliphatic rings. The number of hydrogen-bond acceptors (Lipinski definition) is 4. The molecule has 0 aromatic heterocycles. The first-order valence-electron chi connectivity index (χ1n) is 6.42. The smallest absolute Gasteiger partial charge is 0.444 e. The van der Waals surface area contributed by atoms with Gasteiger partial charge in [0, 0.05) is 19.7 Å². The molecule has 0 unspecified atom stereocenters. The molecule has 0 spiro atoms. The lowest BCUT2D eigenvalue weighted by Gasteiger charge is -2.19. The highest BCUT2D eigenvalue weighted by atomic mass is 19.4. The first kappa shape index (κ1) is 19.5. The molecular weight excluding hydrogens is 293 g/mol. The van der Waals surface area contributed by atoms with Crippen LogP contribution in [0.15, 0.2) is 0 Å². The van der Waals surface area contributed by atoms with Gasteiger partial charge in [-0.1, -0.05) is 0 Å². The van der Waals surface area contributed by atoms with Crippen molar-refractivity contribution in [3.8, 4) is 0 Å². The summed E-state index contributed by atoms with van der Waals surface area (Å²) >= 11 is 0. The van der Waals surface area contributed by atoms with E-state index in [1.165, 1.54) is 0 Å². The van der Waals surface area contributed by atoms with E-state index in [1.54, 1.807) is 26.1 Å². The molecule has 0 fully saturated rings. The van der Waals surface area contributed by atoms with Crippen molar-refractivity contribution in [2.45, 2.75) is 39.0 Å². The number of alkyl carbamates (subject to hydrolysis) is 1. The summed E-state index contributed by atoms with van der Waals surface area (Å²) in [5.74, 6) is -1.96. The normalized spacial score (nSPS) is 11.9. The molecule has 0 aromatic rings. The standard InChI is InChI=1S/C12H21F3N2O4/c1-11(2,3)21-10(19)17-6-8-20-7-4-5-16-9(18)12(13,14)15/h4-8H2,1-3H3,(H,16,18)(H,17,19). The monoisotopic (exact) mass is 314 g/mol. The Kier molecular flexibility index (Phi) is 8.08. The second kappa shape index (κ2) is 8.71. The van der Waals surface area contributed by atoms with E-state index in [0.717, 1.165) is 0 Å². The quantitative estimate of drug-likeness (QED) is 0.700. The highest BCUT2D eigenvalue weighted by Gasteiger charge is 2.38. The number of alkyl halides is 3. The third-order valence-corrected chi connectivity index (χ3v) is 1.92. The van der Waals surface area contributed by atoms with Gasteiger partial charge < -0.3 is 20.1 Å². The highest BCUT2D eigenvalue weighted by molar-refractivity contribution is 5.81. The molecule has 0 aliphatic carbocycles. The van der Waals surface area contributed by atoms with Crippen LogP contribution in [-0.2, 0) is 14.3 Å². The van der Waals surface area contributed by atoms with Gasteiger partial charge in [0.25, 0.3) is 0 Å². The number of rotatable bonds is 7. The summed E-state index contributed by atoms with van der Waals surface area (Å²) in [4.78, 5) is 21.7. The van der Waals surface area contributed by atoms with E-state index in [1.807, 2.05) is 0 Å². The van der Waals surface area contributed by atoms with Crippen LogP contribution < -0.4 is 10.6 Å². The van der Waals surface area contributed by atoms with E-state index in [2.05, 4.69) is 5.32 Å². The average Bonchev–Trinajstić information content (AvgIpc) is 2.28. The fourth-order valence-corrected chi connectivity index (χ4v) is 1.12. The molecule has 0 aromatic carbocycles. The van der Waals surface area contributed by atoms with Crippen LogP contribution in [0.3, 0.4) is 0 Å². The Morgan fingerprint density at radius 1 is 1.00 bits per heavy atom. The van der Waals surface area contributed by atoms with Gasteiger partial charge >= 0.3 is 18.2 Å². The molecule has 0 bridgehead atoms. The molecule has 21 heavy (non-hydrogen) atoms. The first-order chi connectivity index (χ1) is 9.52. The van der Waals surface area contributed by atoms with Crippen LogP contribution in [0, 0.1) is 0 Å². The summed E-state index contributed by atoms with van der Waals surface area (Å²) < 4.78 is 45.5. The second-order valence-corrected chi connectivity index (χ2v) is 5.15. The lowest BCUT2D eigenvalue weighted by molar-refractivity contribution is -0.173. The van der Waals surface area contributed by atoms with Crippen molar-refractivity contribution in [1.82, 2.24) is 10.6 Å². The number of nitrogens with one attached hydrogen (secondary N) is 2. The summed E-state index contributed by atoms with van der Waals surface area (Å²) in [6.07, 6.45) is -5.18. The van der Waals surface area contributed by atoms with Gasteiger partial charge in [0.1, 0.15) is 5.60 Å². The number of amides is 2. The third-order valence-electron chi connectivity index (χ3n) is 1.92. The zero-order valence-corrected chi connectivity index (χ0v) is 12.3. The van der Waals surface area contributed by atoms with Crippen LogP contribution in [0.5, 0.6) is 0 Å². The van der Waals surface area contributed by atoms with Gasteiger partial charge in [-0.05, 0) is 27.2 Å². The number of halogens is 3. The molecule has 6 nitrogen and oxygen atoms in total. The summed E-state index contributed by atoms with van der Waals surface area (Å²) in [5, 5.41) is 4.19. The van der Waals surface area contributed by atoms with Crippen molar-refractivity contribution >= 4 is 12.0 Å². The fourth-order valence-electron chi connectivity index (χ4n) is 1.12. The Morgan fingerprint density at radius 3 is 2.14 bits per heavy atom. The summed E-state index contributed by atoms with van der Waals surface area (Å²) in [6, 6.07) is 0. The Bertz CT molecular complexity index is 340. The Labute approximate surface area is 121 Å². The Balaban J connectivity index is 3.46. The van der Waals surface area contributed by atoms with Gasteiger partial charge in [0.2, 0.25) is 0 Å². The lowest BCUT2D eigenvalue weighted by atomic mass is 10.2. The molecule has 2 amide bonds. The third kappa shape index (κ3) is 12.0. The molecule has 124 valence electrons. The van der Waals surface area contributed by atoms with Crippen LogP contribution in [0.25, 0.3) is 0 Å². The number of ether oxygens (including phenoxy) is 2. The lowest BCUT2D eigenvalue weighted by Crippen LogP contribution is -2.37. The molecule has 0 rings (SSSR count). The SMILES string of the molecule is CC(C)(C)OC(=O)NCCOCCCNC(=O)C(F)(F)F. The molecule has 0 saturated heterocycles. The molecule has 0 saturated carbocycles. The van der Waals surface area contributed by atoms with E-state index in [-0.39, 0.29) is 32.7 Å². The average molecular weight is 314 g/mol. The highest BCUT2D eigenvalue weighted by Crippen LogP contribution is 2.13. The maximum absolute atomic E-state index is 11.8. The maximum Gasteiger partial charge on any atom is 0.471 e. The molecule has 2 N–H and O–H groups in total. The van der Waals surface area contributed by atoms with Crippen LogP contribution in [0.2, 0.25) is 0 Å². The van der Waals surface area contributed by atoms with Crippen LogP contribution in [0.1, 0.15) is 27.2 Å². The van der Waals surface area contributed by atoms with Crippen molar-refractivity contribution in [1.29, 1.82) is 0 Å². The molecule has 0 radical (unpaired) electrons. The van der Waals surface area contributed by atoms with Crippen molar-refractivity contribution in [2.24, 2.45) is 0 Å². The largest absolute Gasteiger partial charge is 0.471 e. The zero-order valence-electron chi connectivity index (χ0n) is 12.3. The number of hydrogen-bond donors (Lipinski definition) is 2. The van der Waals surface area contributed by atoms with Gasteiger partial charge in [-0.3, -0.25) is 4.79 Å². The minimum atomic E-state index is -4.86. The van der Waals surface area contributed by atoms with Crippen molar-refractivity contribution in [2.75, 3.05) is 26.3 Å².